The molecule has 0 spiro atoms. The third-order valence-corrected chi connectivity index (χ3v) is 4.72. The van der Waals surface area contributed by atoms with Crippen molar-refractivity contribution in [3.05, 3.63) is 35.4 Å². The Hall–Kier alpha value is -1.56. The predicted molar refractivity (Wildman–Crippen MR) is 87.7 cm³/mol. The number of carbonyl (C=O) groups excluding carboxylic acids is 1. The molecule has 0 aliphatic carbocycles. The van der Waals surface area contributed by atoms with Crippen LogP contribution in [-0.2, 0) is 11.0 Å². The Morgan fingerprint density at radius 3 is 2.62 bits per heavy atom. The molecule has 0 aromatic heterocycles. The van der Waals surface area contributed by atoms with Crippen LogP contribution in [0.25, 0.3) is 0 Å². The molecule has 1 aromatic carbocycles. The summed E-state index contributed by atoms with van der Waals surface area (Å²) in [6.07, 6.45) is -3.25. The van der Waals surface area contributed by atoms with Crippen molar-refractivity contribution >= 4 is 5.91 Å². The maximum absolute atomic E-state index is 13.1. The highest BCUT2D eigenvalue weighted by Crippen LogP contribution is 2.36. The van der Waals surface area contributed by atoms with Gasteiger partial charge in [-0.3, -0.25) is 4.79 Å². The van der Waals surface area contributed by atoms with Gasteiger partial charge in [0.05, 0.1) is 5.56 Å². The molecule has 2 atom stereocenters. The lowest BCUT2D eigenvalue weighted by atomic mass is 9.92. The maximum atomic E-state index is 13.1. The summed E-state index contributed by atoms with van der Waals surface area (Å²) in [5.41, 5.74) is -0.460. The Morgan fingerprint density at radius 1 is 1.38 bits per heavy atom. The van der Waals surface area contributed by atoms with Crippen molar-refractivity contribution in [1.82, 2.24) is 9.80 Å². The molecule has 24 heavy (non-hydrogen) atoms. The Morgan fingerprint density at radius 2 is 2.04 bits per heavy atom. The van der Waals surface area contributed by atoms with Crippen LogP contribution in [0.4, 0.5) is 13.2 Å². The van der Waals surface area contributed by atoms with Gasteiger partial charge in [-0.2, -0.15) is 13.2 Å². The molecule has 1 fully saturated rings. The molecular formula is C18H25F3N2O. The molecule has 134 valence electrons. The molecule has 1 aromatic rings. The molecule has 1 amide bonds. The molecule has 1 heterocycles. The van der Waals surface area contributed by atoms with Crippen molar-refractivity contribution in [1.29, 1.82) is 0 Å². The van der Waals surface area contributed by atoms with Crippen molar-refractivity contribution in [2.24, 2.45) is 5.92 Å². The van der Waals surface area contributed by atoms with Gasteiger partial charge in [-0.25, -0.2) is 0 Å². The van der Waals surface area contributed by atoms with Gasteiger partial charge < -0.3 is 9.80 Å². The molecule has 2 rings (SSSR count). The first-order valence-electron chi connectivity index (χ1n) is 8.27. The Labute approximate surface area is 141 Å². The van der Waals surface area contributed by atoms with Crippen LogP contribution in [0.2, 0.25) is 0 Å². The summed E-state index contributed by atoms with van der Waals surface area (Å²) in [4.78, 5) is 16.3. The Balaban J connectivity index is 1.99. The van der Waals surface area contributed by atoms with Crippen LogP contribution in [0.1, 0.15) is 36.8 Å². The lowest BCUT2D eigenvalue weighted by Crippen LogP contribution is -2.33. The van der Waals surface area contributed by atoms with E-state index in [-0.39, 0.29) is 17.9 Å². The van der Waals surface area contributed by atoms with Crippen molar-refractivity contribution in [3.8, 4) is 0 Å². The lowest BCUT2D eigenvalue weighted by Gasteiger charge is -2.24. The van der Waals surface area contributed by atoms with E-state index >= 15 is 0 Å². The fraction of sp³-hybridized carbons (Fsp3) is 0.611. The highest BCUT2D eigenvalue weighted by Gasteiger charge is 2.34. The summed E-state index contributed by atoms with van der Waals surface area (Å²) in [5.74, 6) is -0.125. The van der Waals surface area contributed by atoms with Crippen LogP contribution in [0.15, 0.2) is 24.3 Å². The zero-order valence-corrected chi connectivity index (χ0v) is 14.4. The van der Waals surface area contributed by atoms with Gasteiger partial charge >= 0.3 is 6.18 Å². The van der Waals surface area contributed by atoms with Crippen LogP contribution in [0.3, 0.4) is 0 Å². The number of amides is 1. The summed E-state index contributed by atoms with van der Waals surface area (Å²) in [7, 11) is 3.79. The second kappa shape index (κ2) is 7.55. The molecule has 0 radical (unpaired) electrons. The number of halogens is 3. The predicted octanol–water partition coefficient (Wildman–Crippen LogP) is 3.61. The highest BCUT2D eigenvalue weighted by atomic mass is 19.4. The van der Waals surface area contributed by atoms with Crippen molar-refractivity contribution in [2.45, 2.75) is 31.9 Å². The average Bonchev–Trinajstić information content (AvgIpc) is 2.91. The van der Waals surface area contributed by atoms with E-state index in [2.05, 4.69) is 11.9 Å². The van der Waals surface area contributed by atoms with Gasteiger partial charge in [0.25, 0.3) is 0 Å². The topological polar surface area (TPSA) is 23.6 Å². The number of alkyl halides is 3. The summed E-state index contributed by atoms with van der Waals surface area (Å²) in [6, 6.07) is 5.51. The fourth-order valence-corrected chi connectivity index (χ4v) is 3.38. The van der Waals surface area contributed by atoms with Crippen LogP contribution >= 0.6 is 0 Å². The second-order valence-corrected chi connectivity index (χ2v) is 6.88. The third-order valence-electron chi connectivity index (χ3n) is 4.72. The van der Waals surface area contributed by atoms with Gasteiger partial charge in [0.2, 0.25) is 5.91 Å². The Bertz CT molecular complexity index is 574. The van der Waals surface area contributed by atoms with Gasteiger partial charge in [-0.1, -0.05) is 25.1 Å². The van der Waals surface area contributed by atoms with E-state index in [0.29, 0.717) is 12.5 Å². The summed E-state index contributed by atoms with van der Waals surface area (Å²) >= 11 is 0. The van der Waals surface area contributed by atoms with E-state index < -0.39 is 17.7 Å². The van der Waals surface area contributed by atoms with E-state index in [4.69, 9.17) is 0 Å². The number of rotatable bonds is 5. The van der Waals surface area contributed by atoms with E-state index in [1.54, 1.807) is 24.9 Å². The standard InChI is InChI=1S/C18H25F3N2O/c1-13(15-6-4-5-7-16(15)18(19,20)21)10-17(24)23(3)12-14-8-9-22(2)11-14/h4-7,13-14H,8-12H2,1-3H3/t13-,14-/m1/s1. The van der Waals surface area contributed by atoms with E-state index in [1.165, 1.54) is 12.1 Å². The van der Waals surface area contributed by atoms with Crippen LogP contribution in [0.5, 0.6) is 0 Å². The summed E-state index contributed by atoms with van der Waals surface area (Å²) in [5, 5.41) is 0. The fourth-order valence-electron chi connectivity index (χ4n) is 3.38. The first-order valence-corrected chi connectivity index (χ1v) is 8.27. The first-order chi connectivity index (χ1) is 11.2. The largest absolute Gasteiger partial charge is 0.416 e. The minimum absolute atomic E-state index is 0.0894. The molecule has 1 saturated heterocycles. The van der Waals surface area contributed by atoms with Crippen molar-refractivity contribution in [3.63, 3.8) is 0 Å². The second-order valence-electron chi connectivity index (χ2n) is 6.88. The minimum Gasteiger partial charge on any atom is -0.345 e. The van der Waals surface area contributed by atoms with Gasteiger partial charge in [0.1, 0.15) is 0 Å². The van der Waals surface area contributed by atoms with E-state index in [0.717, 1.165) is 25.6 Å². The van der Waals surface area contributed by atoms with E-state index in [9.17, 15) is 18.0 Å². The third kappa shape index (κ3) is 4.72. The van der Waals surface area contributed by atoms with Crippen molar-refractivity contribution < 1.29 is 18.0 Å². The highest BCUT2D eigenvalue weighted by molar-refractivity contribution is 5.76. The van der Waals surface area contributed by atoms with Gasteiger partial charge in [-0.15, -0.1) is 0 Å². The number of hydrogen-bond donors (Lipinski definition) is 0. The average molecular weight is 342 g/mol. The number of benzene rings is 1. The molecule has 0 unspecified atom stereocenters. The smallest absolute Gasteiger partial charge is 0.345 e. The molecule has 1 aliphatic rings. The van der Waals surface area contributed by atoms with Crippen LogP contribution in [-0.4, -0.2) is 49.4 Å². The summed E-state index contributed by atoms with van der Waals surface area (Å²) in [6.45, 7) is 4.34. The quantitative estimate of drug-likeness (QED) is 0.816. The molecule has 0 N–H and O–H groups in total. The molecule has 6 heteroatoms. The van der Waals surface area contributed by atoms with Crippen LogP contribution in [0, 0.1) is 5.92 Å². The van der Waals surface area contributed by atoms with Crippen molar-refractivity contribution in [2.75, 3.05) is 33.7 Å². The number of likely N-dealkylation sites (tertiary alicyclic amines) is 1. The molecule has 3 nitrogen and oxygen atoms in total. The maximum Gasteiger partial charge on any atom is 0.416 e. The van der Waals surface area contributed by atoms with Gasteiger partial charge in [0.15, 0.2) is 0 Å². The Kier molecular flexibility index (Phi) is 5.91. The van der Waals surface area contributed by atoms with E-state index in [1.807, 2.05) is 0 Å². The first kappa shape index (κ1) is 18.8. The lowest BCUT2D eigenvalue weighted by molar-refractivity contribution is -0.139. The molecule has 1 aliphatic heterocycles. The minimum atomic E-state index is -4.39. The number of nitrogens with zero attached hydrogens (tertiary/aromatic N) is 2. The van der Waals surface area contributed by atoms with Gasteiger partial charge in [-0.05, 0) is 43.5 Å². The zero-order chi connectivity index (χ0) is 17.9. The monoisotopic (exact) mass is 342 g/mol. The van der Waals surface area contributed by atoms with Gasteiger partial charge in [0, 0.05) is 26.6 Å². The number of carbonyl (C=O) groups is 1. The zero-order valence-electron chi connectivity index (χ0n) is 14.4. The normalized spacial score (nSPS) is 20.2. The molecule has 0 bridgehead atoms. The SMILES string of the molecule is C[C@H](CC(=O)N(C)C[C@@H]1CCN(C)C1)c1ccccc1C(F)(F)F. The summed E-state index contributed by atoms with van der Waals surface area (Å²) < 4.78 is 39.3. The number of hydrogen-bond acceptors (Lipinski definition) is 2. The van der Waals surface area contributed by atoms with Crippen LogP contribution < -0.4 is 0 Å². The molecule has 0 saturated carbocycles. The molecular weight excluding hydrogens is 317 g/mol.